The summed E-state index contributed by atoms with van der Waals surface area (Å²) >= 11 is 0. The molecule has 2 aromatic carbocycles. The molecule has 4 rings (SSSR count). The summed E-state index contributed by atoms with van der Waals surface area (Å²) in [5.41, 5.74) is 3.82. The highest BCUT2D eigenvalue weighted by Gasteiger charge is 2.42. The molecule has 1 aliphatic heterocycles. The molecule has 8 nitrogen and oxygen atoms in total. The highest BCUT2D eigenvalue weighted by Crippen LogP contribution is 2.45. The largest absolute Gasteiger partial charge is 0.507 e. The van der Waals surface area contributed by atoms with E-state index >= 15 is 0 Å². The maximum atomic E-state index is 13.2. The van der Waals surface area contributed by atoms with Gasteiger partial charge in [0.15, 0.2) is 11.5 Å². The number of rotatable bonds is 8. The van der Waals surface area contributed by atoms with Gasteiger partial charge in [0.25, 0.3) is 5.91 Å². The molecule has 1 aromatic heterocycles. The minimum atomic E-state index is -0.506. The summed E-state index contributed by atoms with van der Waals surface area (Å²) < 4.78 is 11.5. The van der Waals surface area contributed by atoms with Gasteiger partial charge in [0.2, 0.25) is 0 Å². The molecule has 1 atom stereocenters. The van der Waals surface area contributed by atoms with Crippen molar-refractivity contribution < 1.29 is 24.5 Å². The van der Waals surface area contributed by atoms with Gasteiger partial charge >= 0.3 is 0 Å². The number of aromatic amines is 1. The highest BCUT2D eigenvalue weighted by molar-refractivity contribution is 6.00. The lowest BCUT2D eigenvalue weighted by Gasteiger charge is -2.26. The number of phenols is 1. The molecule has 168 valence electrons. The number of ether oxygens (including phenoxy) is 2. The number of H-pyrrole nitrogens is 1. The normalized spacial score (nSPS) is 15.2. The fourth-order valence-corrected chi connectivity index (χ4v) is 4.16. The van der Waals surface area contributed by atoms with Crippen molar-refractivity contribution in [2.75, 3.05) is 26.4 Å². The maximum absolute atomic E-state index is 13.2. The number of nitrogens with zero attached hydrogens (tertiary/aromatic N) is 2. The van der Waals surface area contributed by atoms with Crippen LogP contribution in [0.1, 0.15) is 47.1 Å². The number of β-amino-alcohol motifs (C(OH)–C–C–N with tert-alkyl or cyclic N) is 1. The summed E-state index contributed by atoms with van der Waals surface area (Å²) in [5.74, 6) is 1.04. The zero-order chi connectivity index (χ0) is 22.8. The first kappa shape index (κ1) is 21.7. The number of carbonyl (C=O) groups is 1. The topological polar surface area (TPSA) is 108 Å². The number of phenolic OH excluding ortho intramolecular Hbond substituents is 1. The van der Waals surface area contributed by atoms with Crippen LogP contribution in [0.25, 0.3) is 11.3 Å². The van der Waals surface area contributed by atoms with Gasteiger partial charge in [0, 0.05) is 17.7 Å². The summed E-state index contributed by atoms with van der Waals surface area (Å²) in [6.07, 6.45) is 0. The summed E-state index contributed by atoms with van der Waals surface area (Å²) in [6.45, 7) is 6.67. The number of fused-ring (bicyclic) bond motifs is 1. The van der Waals surface area contributed by atoms with Crippen LogP contribution in [0, 0.1) is 6.92 Å². The van der Waals surface area contributed by atoms with Crippen molar-refractivity contribution in [2.24, 2.45) is 0 Å². The van der Waals surface area contributed by atoms with Gasteiger partial charge in [0.1, 0.15) is 17.1 Å². The Morgan fingerprint density at radius 1 is 1.09 bits per heavy atom. The Morgan fingerprint density at radius 3 is 2.56 bits per heavy atom. The molecule has 0 saturated carbocycles. The molecule has 3 aromatic rings. The number of nitrogens with one attached hydrogen (secondary N) is 1. The van der Waals surface area contributed by atoms with Crippen molar-refractivity contribution in [3.63, 3.8) is 0 Å². The van der Waals surface area contributed by atoms with Crippen molar-refractivity contribution in [3.8, 4) is 28.5 Å². The summed E-state index contributed by atoms with van der Waals surface area (Å²) in [5, 5.41) is 27.4. The lowest BCUT2D eigenvalue weighted by atomic mass is 9.95. The third-order valence-electron chi connectivity index (χ3n) is 5.50. The van der Waals surface area contributed by atoms with E-state index in [4.69, 9.17) is 9.47 Å². The lowest BCUT2D eigenvalue weighted by Crippen LogP contribution is -2.32. The third kappa shape index (κ3) is 3.67. The Balaban J connectivity index is 1.89. The highest BCUT2D eigenvalue weighted by atomic mass is 16.5. The molecule has 1 amide bonds. The molecule has 0 spiro atoms. The first-order valence-corrected chi connectivity index (χ1v) is 10.7. The summed E-state index contributed by atoms with van der Waals surface area (Å²) in [4.78, 5) is 14.8. The van der Waals surface area contributed by atoms with E-state index in [0.717, 1.165) is 11.1 Å². The molecule has 2 heterocycles. The standard InChI is InChI=1S/C24H27N3O5/c1-4-31-18-9-7-15(13-19(18)32-5-2)23-20-21(16-12-14(3)6-8-17(16)29)25-26-22(20)24(30)27(23)10-11-28/h6-9,12-13,23,28-29H,4-5,10-11H2,1-3H3,(H,25,26). The van der Waals surface area contributed by atoms with Gasteiger partial charge in [0.05, 0.1) is 25.9 Å². The average molecular weight is 437 g/mol. The van der Waals surface area contributed by atoms with Gasteiger partial charge in [-0.2, -0.15) is 5.10 Å². The van der Waals surface area contributed by atoms with E-state index in [2.05, 4.69) is 10.2 Å². The SMILES string of the molecule is CCOc1ccc(C2c3c(-c4cc(C)ccc4O)n[nH]c3C(=O)N2CCO)cc1OCC. The van der Waals surface area contributed by atoms with Crippen LogP contribution < -0.4 is 9.47 Å². The van der Waals surface area contributed by atoms with E-state index in [0.29, 0.717) is 47.2 Å². The van der Waals surface area contributed by atoms with E-state index < -0.39 is 6.04 Å². The lowest BCUT2D eigenvalue weighted by molar-refractivity contribution is 0.0706. The second-order valence-electron chi connectivity index (χ2n) is 7.58. The Labute approximate surface area is 186 Å². The van der Waals surface area contributed by atoms with Crippen LogP contribution in [0.2, 0.25) is 0 Å². The second-order valence-corrected chi connectivity index (χ2v) is 7.58. The molecule has 0 saturated heterocycles. The zero-order valence-corrected chi connectivity index (χ0v) is 18.4. The number of carbonyl (C=O) groups excluding carboxylic acids is 1. The monoisotopic (exact) mass is 437 g/mol. The Kier molecular flexibility index (Phi) is 6.05. The Bertz CT molecular complexity index is 1140. The minimum Gasteiger partial charge on any atom is -0.507 e. The number of aryl methyl sites for hydroxylation is 1. The number of amides is 1. The first-order valence-electron chi connectivity index (χ1n) is 10.7. The molecule has 0 aliphatic carbocycles. The number of hydrogen-bond acceptors (Lipinski definition) is 6. The fourth-order valence-electron chi connectivity index (χ4n) is 4.16. The quantitative estimate of drug-likeness (QED) is 0.498. The number of aromatic hydroxyl groups is 1. The number of hydrogen-bond donors (Lipinski definition) is 3. The van der Waals surface area contributed by atoms with Crippen molar-refractivity contribution in [1.82, 2.24) is 15.1 Å². The van der Waals surface area contributed by atoms with Gasteiger partial charge in [-0.15, -0.1) is 0 Å². The molecule has 0 fully saturated rings. The number of benzene rings is 2. The molecule has 0 radical (unpaired) electrons. The summed E-state index contributed by atoms with van der Waals surface area (Å²) in [7, 11) is 0. The van der Waals surface area contributed by atoms with Crippen LogP contribution in [-0.4, -0.2) is 57.6 Å². The van der Waals surface area contributed by atoms with Gasteiger partial charge in [-0.3, -0.25) is 9.89 Å². The van der Waals surface area contributed by atoms with Crippen molar-refractivity contribution in [2.45, 2.75) is 26.8 Å². The predicted molar refractivity (Wildman–Crippen MR) is 119 cm³/mol. The van der Waals surface area contributed by atoms with Gasteiger partial charge in [-0.25, -0.2) is 0 Å². The van der Waals surface area contributed by atoms with Crippen LogP contribution in [-0.2, 0) is 0 Å². The van der Waals surface area contributed by atoms with E-state index in [1.807, 2.05) is 51.1 Å². The minimum absolute atomic E-state index is 0.0819. The molecule has 32 heavy (non-hydrogen) atoms. The van der Waals surface area contributed by atoms with E-state index in [9.17, 15) is 15.0 Å². The van der Waals surface area contributed by atoms with Crippen molar-refractivity contribution in [1.29, 1.82) is 0 Å². The van der Waals surface area contributed by atoms with Crippen molar-refractivity contribution >= 4 is 5.91 Å². The molecule has 0 bridgehead atoms. The van der Waals surface area contributed by atoms with Gasteiger partial charge < -0.3 is 24.6 Å². The molecule has 8 heteroatoms. The molecular weight excluding hydrogens is 410 g/mol. The Hall–Kier alpha value is -3.52. The Morgan fingerprint density at radius 2 is 1.84 bits per heavy atom. The second kappa shape index (κ2) is 8.92. The third-order valence-corrected chi connectivity index (χ3v) is 5.50. The number of aliphatic hydroxyl groups excluding tert-OH is 1. The zero-order valence-electron chi connectivity index (χ0n) is 18.4. The molecular formula is C24H27N3O5. The van der Waals surface area contributed by atoms with E-state index in [1.165, 1.54) is 0 Å². The molecule has 3 N–H and O–H groups in total. The van der Waals surface area contributed by atoms with Crippen LogP contribution in [0.15, 0.2) is 36.4 Å². The van der Waals surface area contributed by atoms with Crippen LogP contribution in [0.4, 0.5) is 0 Å². The molecule has 1 aliphatic rings. The van der Waals surface area contributed by atoms with E-state index in [1.54, 1.807) is 11.0 Å². The van der Waals surface area contributed by atoms with Crippen LogP contribution >= 0.6 is 0 Å². The van der Waals surface area contributed by atoms with E-state index in [-0.39, 0.29) is 24.8 Å². The van der Waals surface area contributed by atoms with Crippen LogP contribution in [0.5, 0.6) is 17.2 Å². The smallest absolute Gasteiger partial charge is 0.273 e. The predicted octanol–water partition coefficient (Wildman–Crippen LogP) is 3.43. The molecule has 1 unspecified atom stereocenters. The number of aromatic nitrogens is 2. The van der Waals surface area contributed by atoms with Crippen LogP contribution in [0.3, 0.4) is 0 Å². The fraction of sp³-hybridized carbons (Fsp3) is 0.333. The summed E-state index contributed by atoms with van der Waals surface area (Å²) in [6, 6.07) is 10.3. The van der Waals surface area contributed by atoms with Gasteiger partial charge in [-0.05, 0) is 50.6 Å². The number of aliphatic hydroxyl groups is 1. The van der Waals surface area contributed by atoms with Gasteiger partial charge in [-0.1, -0.05) is 17.7 Å². The van der Waals surface area contributed by atoms with Crippen molar-refractivity contribution in [3.05, 3.63) is 58.8 Å². The maximum Gasteiger partial charge on any atom is 0.273 e. The first-order chi connectivity index (χ1) is 15.5. The average Bonchev–Trinajstić information content (AvgIpc) is 3.31.